The Morgan fingerprint density at radius 3 is 2.46 bits per heavy atom. The molecular formula is C21H23Cl2NOS. The van der Waals surface area contributed by atoms with Crippen LogP contribution in [0.4, 0.5) is 0 Å². The first-order chi connectivity index (χ1) is 12.2. The SMILES string of the molecule is CC12CC3CC(C)(C1)CC(NC(=O)c1sc4cc(Cl)ccc4c1Cl)(C3)C2. The van der Waals surface area contributed by atoms with E-state index < -0.39 is 0 Å². The molecule has 6 rings (SSSR count). The third kappa shape index (κ3) is 2.62. The van der Waals surface area contributed by atoms with Crippen molar-refractivity contribution >= 4 is 50.5 Å². The molecule has 4 aliphatic carbocycles. The van der Waals surface area contributed by atoms with Crippen molar-refractivity contribution in [2.24, 2.45) is 16.7 Å². The lowest BCUT2D eigenvalue weighted by Crippen LogP contribution is -2.65. The smallest absolute Gasteiger partial charge is 0.263 e. The van der Waals surface area contributed by atoms with Crippen LogP contribution < -0.4 is 5.32 Å². The summed E-state index contributed by atoms with van der Waals surface area (Å²) in [5.74, 6) is 0.736. The lowest BCUT2D eigenvalue weighted by atomic mass is 9.43. The molecule has 2 unspecified atom stereocenters. The molecule has 4 fully saturated rings. The molecule has 1 aromatic carbocycles. The number of fused-ring (bicyclic) bond motifs is 1. The lowest BCUT2D eigenvalue weighted by Gasteiger charge is -2.65. The van der Waals surface area contributed by atoms with Crippen molar-refractivity contribution in [3.63, 3.8) is 0 Å². The van der Waals surface area contributed by atoms with Gasteiger partial charge in [0, 0.05) is 20.6 Å². The minimum Gasteiger partial charge on any atom is -0.346 e. The van der Waals surface area contributed by atoms with E-state index in [1.807, 2.05) is 18.2 Å². The summed E-state index contributed by atoms with van der Waals surface area (Å²) in [7, 11) is 0. The summed E-state index contributed by atoms with van der Waals surface area (Å²) in [6, 6.07) is 5.61. The van der Waals surface area contributed by atoms with Gasteiger partial charge in [-0.15, -0.1) is 11.3 Å². The van der Waals surface area contributed by atoms with Crippen LogP contribution in [0.25, 0.3) is 10.1 Å². The maximum Gasteiger partial charge on any atom is 0.263 e. The van der Waals surface area contributed by atoms with Crippen LogP contribution in [0.2, 0.25) is 10.0 Å². The molecule has 0 spiro atoms. The molecule has 2 aromatic rings. The second kappa shape index (κ2) is 5.40. The van der Waals surface area contributed by atoms with Crippen LogP contribution in [0.5, 0.6) is 0 Å². The van der Waals surface area contributed by atoms with Gasteiger partial charge in [0.25, 0.3) is 5.91 Å². The van der Waals surface area contributed by atoms with Gasteiger partial charge in [0.1, 0.15) is 4.88 Å². The molecule has 4 bridgehead atoms. The van der Waals surface area contributed by atoms with Gasteiger partial charge in [-0.2, -0.15) is 0 Å². The van der Waals surface area contributed by atoms with Crippen molar-refractivity contribution in [2.75, 3.05) is 0 Å². The molecule has 1 heterocycles. The molecule has 4 aliphatic rings. The van der Waals surface area contributed by atoms with E-state index in [9.17, 15) is 4.79 Å². The zero-order valence-corrected chi connectivity index (χ0v) is 17.5. The van der Waals surface area contributed by atoms with E-state index >= 15 is 0 Å². The van der Waals surface area contributed by atoms with Gasteiger partial charge in [-0.3, -0.25) is 4.79 Å². The highest BCUT2D eigenvalue weighted by molar-refractivity contribution is 7.21. The maximum absolute atomic E-state index is 13.2. The largest absolute Gasteiger partial charge is 0.346 e. The predicted molar refractivity (Wildman–Crippen MR) is 109 cm³/mol. The molecular weight excluding hydrogens is 385 g/mol. The van der Waals surface area contributed by atoms with E-state index in [2.05, 4.69) is 19.2 Å². The molecule has 1 N–H and O–H groups in total. The molecule has 5 heteroatoms. The highest BCUT2D eigenvalue weighted by Crippen LogP contribution is 2.66. The number of rotatable bonds is 2. The average molecular weight is 408 g/mol. The molecule has 4 saturated carbocycles. The van der Waals surface area contributed by atoms with Gasteiger partial charge in [0.15, 0.2) is 0 Å². The average Bonchev–Trinajstić information content (AvgIpc) is 2.79. The van der Waals surface area contributed by atoms with Gasteiger partial charge in [-0.1, -0.05) is 43.1 Å². The van der Waals surface area contributed by atoms with Gasteiger partial charge in [0.2, 0.25) is 0 Å². The zero-order valence-electron chi connectivity index (χ0n) is 15.1. The standard InChI is InChI=1S/C21H23Cl2NOS/c1-19-6-12-7-20(2,9-19)11-21(8-12,10-19)24-18(25)17-16(23)14-4-3-13(22)5-15(14)26-17/h3-5,12H,6-11H2,1-2H3,(H,24,25). The number of hydrogen-bond donors (Lipinski definition) is 1. The number of nitrogens with one attached hydrogen (secondary N) is 1. The van der Waals surface area contributed by atoms with Gasteiger partial charge >= 0.3 is 0 Å². The van der Waals surface area contributed by atoms with E-state index in [0.717, 1.165) is 35.3 Å². The third-order valence-electron chi connectivity index (χ3n) is 6.80. The van der Waals surface area contributed by atoms with Crippen LogP contribution in [0.1, 0.15) is 62.0 Å². The maximum atomic E-state index is 13.2. The van der Waals surface area contributed by atoms with Crippen molar-refractivity contribution in [3.8, 4) is 0 Å². The number of amides is 1. The van der Waals surface area contributed by atoms with Crippen LogP contribution in [-0.2, 0) is 0 Å². The van der Waals surface area contributed by atoms with Gasteiger partial charge in [-0.05, 0) is 67.4 Å². The Morgan fingerprint density at radius 2 is 1.81 bits per heavy atom. The van der Waals surface area contributed by atoms with Gasteiger partial charge in [0.05, 0.1) is 5.02 Å². The molecule has 26 heavy (non-hydrogen) atoms. The number of hydrogen-bond acceptors (Lipinski definition) is 2. The molecule has 1 amide bonds. The van der Waals surface area contributed by atoms with Crippen LogP contribution in [0.15, 0.2) is 18.2 Å². The summed E-state index contributed by atoms with van der Waals surface area (Å²) in [6.45, 7) is 4.84. The number of benzene rings is 1. The van der Waals surface area contributed by atoms with E-state index in [1.54, 1.807) is 0 Å². The first kappa shape index (κ1) is 17.3. The van der Waals surface area contributed by atoms with Crippen LogP contribution >= 0.6 is 34.5 Å². The molecule has 0 aliphatic heterocycles. The quantitative estimate of drug-likeness (QED) is 0.590. The summed E-state index contributed by atoms with van der Waals surface area (Å²) < 4.78 is 0.970. The molecule has 0 saturated heterocycles. The summed E-state index contributed by atoms with van der Waals surface area (Å²) in [5.41, 5.74) is 0.689. The summed E-state index contributed by atoms with van der Waals surface area (Å²) >= 11 is 14.1. The van der Waals surface area contributed by atoms with Crippen molar-refractivity contribution in [1.82, 2.24) is 5.32 Å². The first-order valence-corrected chi connectivity index (χ1v) is 11.0. The fourth-order valence-corrected chi connectivity index (χ4v) is 8.76. The second-order valence-electron chi connectivity index (χ2n) is 9.75. The Kier molecular flexibility index (Phi) is 3.60. The minimum atomic E-state index is -0.0584. The number of halogens is 2. The van der Waals surface area contributed by atoms with Crippen LogP contribution in [-0.4, -0.2) is 11.4 Å². The van der Waals surface area contributed by atoms with Crippen LogP contribution in [0, 0.1) is 16.7 Å². The van der Waals surface area contributed by atoms with Crippen LogP contribution in [0.3, 0.4) is 0 Å². The fourth-order valence-electron chi connectivity index (χ4n) is 7.07. The molecule has 2 nitrogen and oxygen atoms in total. The molecule has 138 valence electrons. The highest BCUT2D eigenvalue weighted by Gasteiger charge is 2.60. The summed E-state index contributed by atoms with van der Waals surface area (Å²) in [4.78, 5) is 13.8. The lowest BCUT2D eigenvalue weighted by molar-refractivity contribution is -0.114. The third-order valence-corrected chi connectivity index (χ3v) is 8.69. The van der Waals surface area contributed by atoms with Gasteiger partial charge in [-0.25, -0.2) is 0 Å². The summed E-state index contributed by atoms with van der Waals surface area (Å²) in [5, 5.41) is 5.60. The van der Waals surface area contributed by atoms with Crippen molar-refractivity contribution in [3.05, 3.63) is 33.1 Å². The Morgan fingerprint density at radius 1 is 1.12 bits per heavy atom. The second-order valence-corrected chi connectivity index (χ2v) is 11.6. The highest BCUT2D eigenvalue weighted by atomic mass is 35.5. The number of thiophene rings is 1. The Hall–Kier alpha value is -0.770. The van der Waals surface area contributed by atoms with E-state index in [4.69, 9.17) is 23.2 Å². The fraction of sp³-hybridized carbons (Fsp3) is 0.571. The van der Waals surface area contributed by atoms with E-state index in [0.29, 0.717) is 25.8 Å². The Labute approximate surface area is 168 Å². The number of carbonyl (C=O) groups excluding carboxylic acids is 1. The molecule has 1 aromatic heterocycles. The monoisotopic (exact) mass is 407 g/mol. The first-order valence-electron chi connectivity index (χ1n) is 9.39. The zero-order chi connectivity index (χ0) is 18.3. The summed E-state index contributed by atoms with van der Waals surface area (Å²) in [6.07, 6.45) is 7.28. The van der Waals surface area contributed by atoms with E-state index in [1.165, 1.54) is 30.6 Å². The molecule has 2 atom stereocenters. The normalized spacial score (nSPS) is 38.1. The molecule has 0 radical (unpaired) electrons. The topological polar surface area (TPSA) is 29.1 Å². The van der Waals surface area contributed by atoms with E-state index in [-0.39, 0.29) is 11.4 Å². The van der Waals surface area contributed by atoms with Gasteiger partial charge < -0.3 is 5.32 Å². The predicted octanol–water partition coefficient (Wildman–Crippen LogP) is 6.69. The minimum absolute atomic E-state index is 0.0125. The van der Waals surface area contributed by atoms with Crippen molar-refractivity contribution < 1.29 is 4.79 Å². The Bertz CT molecular complexity index is 917. The van der Waals surface area contributed by atoms with Crippen molar-refractivity contribution in [2.45, 2.75) is 57.9 Å². The van der Waals surface area contributed by atoms with Crippen molar-refractivity contribution in [1.29, 1.82) is 0 Å². The number of carbonyl (C=O) groups is 1. The Balaban J connectivity index is 1.48.